The average molecular weight is 312 g/mol. The van der Waals surface area contributed by atoms with Gasteiger partial charge in [0.15, 0.2) is 21.3 Å². The number of hydrogen-bond acceptors (Lipinski definition) is 6. The molecule has 0 saturated carbocycles. The zero-order valence-corrected chi connectivity index (χ0v) is 12.3. The maximum Gasteiger partial charge on any atom is 0.244 e. The number of hydrogen-bond donors (Lipinski definition) is 2. The molecule has 1 aromatic rings. The SMILES string of the molecule is COc1cc(/C=N/NC(=O)[C@@H]2CCS(=O)(=O)C2)ccc1O. The molecule has 0 radical (unpaired) electrons. The van der Waals surface area contributed by atoms with Crippen molar-refractivity contribution < 1.29 is 23.1 Å². The summed E-state index contributed by atoms with van der Waals surface area (Å²) in [4.78, 5) is 11.7. The van der Waals surface area contributed by atoms with E-state index < -0.39 is 21.7 Å². The summed E-state index contributed by atoms with van der Waals surface area (Å²) < 4.78 is 27.5. The number of nitrogens with zero attached hydrogens (tertiary/aromatic N) is 1. The maximum absolute atomic E-state index is 11.7. The van der Waals surface area contributed by atoms with Crippen LogP contribution in [-0.2, 0) is 14.6 Å². The fourth-order valence-electron chi connectivity index (χ4n) is 2.04. The zero-order valence-electron chi connectivity index (χ0n) is 11.4. The molecule has 1 saturated heterocycles. The number of phenolic OH excluding ortho intramolecular Hbond substituents is 1. The Morgan fingerprint density at radius 3 is 2.90 bits per heavy atom. The number of sulfone groups is 1. The van der Waals surface area contributed by atoms with E-state index in [1.807, 2.05) is 0 Å². The molecule has 0 aliphatic carbocycles. The molecule has 1 heterocycles. The van der Waals surface area contributed by atoms with Crippen LogP contribution in [-0.4, -0.2) is 44.3 Å². The number of amides is 1. The molecule has 21 heavy (non-hydrogen) atoms. The standard InChI is InChI=1S/C13H16N2O5S/c1-20-12-6-9(2-3-11(12)16)7-14-15-13(17)10-4-5-21(18,19)8-10/h2-3,6-7,10,16H,4-5,8H2,1H3,(H,15,17)/b14-7+/t10-/m1/s1. The predicted octanol–water partition coefficient (Wildman–Crippen LogP) is 0.286. The van der Waals surface area contributed by atoms with Crippen LogP contribution < -0.4 is 10.2 Å². The minimum atomic E-state index is -3.09. The Kier molecular flexibility index (Phi) is 4.46. The third kappa shape index (κ3) is 3.94. The van der Waals surface area contributed by atoms with E-state index in [4.69, 9.17) is 4.74 Å². The lowest BCUT2D eigenvalue weighted by molar-refractivity contribution is -0.124. The van der Waals surface area contributed by atoms with E-state index in [9.17, 15) is 18.3 Å². The van der Waals surface area contributed by atoms with Gasteiger partial charge in [-0.25, -0.2) is 13.8 Å². The molecule has 0 bridgehead atoms. The van der Waals surface area contributed by atoms with E-state index in [0.29, 0.717) is 17.7 Å². The molecule has 2 N–H and O–H groups in total. The van der Waals surface area contributed by atoms with Crippen molar-refractivity contribution in [3.8, 4) is 11.5 Å². The Morgan fingerprint density at radius 1 is 1.52 bits per heavy atom. The topological polar surface area (TPSA) is 105 Å². The molecule has 1 aromatic carbocycles. The van der Waals surface area contributed by atoms with Gasteiger partial charge in [-0.2, -0.15) is 5.10 Å². The van der Waals surface area contributed by atoms with Gasteiger partial charge in [-0.15, -0.1) is 0 Å². The maximum atomic E-state index is 11.7. The van der Waals surface area contributed by atoms with Crippen molar-refractivity contribution in [2.24, 2.45) is 11.0 Å². The molecule has 1 amide bonds. The number of carbonyl (C=O) groups excluding carboxylic acids is 1. The van der Waals surface area contributed by atoms with Crippen LogP contribution in [0.3, 0.4) is 0 Å². The normalized spacial score (nSPS) is 20.5. The first kappa shape index (κ1) is 15.3. The van der Waals surface area contributed by atoms with Gasteiger partial charge in [0.2, 0.25) is 5.91 Å². The van der Waals surface area contributed by atoms with Crippen LogP contribution in [0.2, 0.25) is 0 Å². The van der Waals surface area contributed by atoms with Crippen molar-refractivity contribution in [1.29, 1.82) is 0 Å². The minimum absolute atomic E-state index is 0.00912. The quantitative estimate of drug-likeness (QED) is 0.614. The number of methoxy groups -OCH3 is 1. The summed E-state index contributed by atoms with van der Waals surface area (Å²) in [7, 11) is -1.66. The van der Waals surface area contributed by atoms with Crippen LogP contribution in [0.1, 0.15) is 12.0 Å². The Morgan fingerprint density at radius 2 is 2.29 bits per heavy atom. The van der Waals surface area contributed by atoms with Crippen molar-refractivity contribution in [3.05, 3.63) is 23.8 Å². The van der Waals surface area contributed by atoms with Crippen LogP contribution >= 0.6 is 0 Å². The zero-order chi connectivity index (χ0) is 15.5. The fourth-order valence-corrected chi connectivity index (χ4v) is 3.78. The van der Waals surface area contributed by atoms with Crippen molar-refractivity contribution in [2.75, 3.05) is 18.6 Å². The lowest BCUT2D eigenvalue weighted by Crippen LogP contribution is -2.27. The summed E-state index contributed by atoms with van der Waals surface area (Å²) in [5.41, 5.74) is 2.95. The first-order valence-corrected chi connectivity index (χ1v) is 8.14. The molecular formula is C13H16N2O5S. The van der Waals surface area contributed by atoms with Gasteiger partial charge >= 0.3 is 0 Å². The second kappa shape index (κ2) is 6.13. The summed E-state index contributed by atoms with van der Waals surface area (Å²) in [5.74, 6) is -0.715. The highest BCUT2D eigenvalue weighted by atomic mass is 32.2. The van der Waals surface area contributed by atoms with Gasteiger partial charge in [0.05, 0.1) is 30.7 Å². The number of benzene rings is 1. The van der Waals surface area contributed by atoms with Crippen molar-refractivity contribution in [2.45, 2.75) is 6.42 Å². The van der Waals surface area contributed by atoms with E-state index in [-0.39, 0.29) is 17.3 Å². The second-order valence-corrected chi connectivity index (χ2v) is 6.99. The van der Waals surface area contributed by atoms with Crippen LogP contribution in [0.25, 0.3) is 0 Å². The van der Waals surface area contributed by atoms with E-state index in [1.54, 1.807) is 12.1 Å². The highest BCUT2D eigenvalue weighted by molar-refractivity contribution is 7.91. The van der Waals surface area contributed by atoms with Gasteiger partial charge in [-0.3, -0.25) is 4.79 Å². The molecule has 0 spiro atoms. The molecule has 1 aliphatic rings. The minimum Gasteiger partial charge on any atom is -0.504 e. The van der Waals surface area contributed by atoms with Gasteiger partial charge in [-0.05, 0) is 30.2 Å². The van der Waals surface area contributed by atoms with E-state index >= 15 is 0 Å². The summed E-state index contributed by atoms with van der Waals surface area (Å²) in [6, 6.07) is 4.62. The third-order valence-corrected chi connectivity index (χ3v) is 4.96. The highest BCUT2D eigenvalue weighted by Crippen LogP contribution is 2.25. The Hall–Kier alpha value is -2.09. The first-order valence-electron chi connectivity index (χ1n) is 6.31. The Balaban J connectivity index is 1.95. The molecule has 2 rings (SSSR count). The Bertz CT molecular complexity index is 669. The second-order valence-electron chi connectivity index (χ2n) is 4.77. The van der Waals surface area contributed by atoms with E-state index in [1.165, 1.54) is 19.4 Å². The van der Waals surface area contributed by atoms with E-state index in [2.05, 4.69) is 10.5 Å². The monoisotopic (exact) mass is 312 g/mol. The average Bonchev–Trinajstić information content (AvgIpc) is 2.81. The number of nitrogens with one attached hydrogen (secondary N) is 1. The largest absolute Gasteiger partial charge is 0.504 e. The van der Waals surface area contributed by atoms with Gasteiger partial charge in [0, 0.05) is 0 Å². The number of ether oxygens (including phenoxy) is 1. The summed E-state index contributed by atoms with van der Waals surface area (Å²) in [6.07, 6.45) is 1.72. The lowest BCUT2D eigenvalue weighted by Gasteiger charge is -2.05. The number of hydrazone groups is 1. The van der Waals surface area contributed by atoms with Gasteiger partial charge in [0.25, 0.3) is 0 Å². The smallest absolute Gasteiger partial charge is 0.244 e. The van der Waals surface area contributed by atoms with Crippen LogP contribution in [0.5, 0.6) is 11.5 Å². The van der Waals surface area contributed by atoms with Crippen molar-refractivity contribution in [3.63, 3.8) is 0 Å². The third-order valence-electron chi connectivity index (χ3n) is 3.20. The first-order chi connectivity index (χ1) is 9.91. The highest BCUT2D eigenvalue weighted by Gasteiger charge is 2.32. The van der Waals surface area contributed by atoms with Crippen LogP contribution in [0.15, 0.2) is 23.3 Å². The van der Waals surface area contributed by atoms with Crippen LogP contribution in [0, 0.1) is 5.92 Å². The molecule has 7 nitrogen and oxygen atoms in total. The number of phenols is 1. The number of rotatable bonds is 4. The van der Waals surface area contributed by atoms with Crippen molar-refractivity contribution in [1.82, 2.24) is 5.43 Å². The summed E-state index contributed by atoms with van der Waals surface area (Å²) in [5, 5.41) is 13.2. The molecule has 1 atom stereocenters. The van der Waals surface area contributed by atoms with Crippen molar-refractivity contribution >= 4 is 22.0 Å². The molecular weight excluding hydrogens is 296 g/mol. The lowest BCUT2D eigenvalue weighted by atomic mass is 10.1. The molecule has 1 aliphatic heterocycles. The number of aromatic hydroxyl groups is 1. The predicted molar refractivity (Wildman–Crippen MR) is 77.2 cm³/mol. The number of carbonyl (C=O) groups is 1. The molecule has 114 valence electrons. The molecule has 1 fully saturated rings. The van der Waals surface area contributed by atoms with E-state index in [0.717, 1.165) is 0 Å². The summed E-state index contributed by atoms with van der Waals surface area (Å²) in [6.45, 7) is 0. The molecule has 8 heteroatoms. The molecule has 0 aromatic heterocycles. The fraction of sp³-hybridized carbons (Fsp3) is 0.385. The van der Waals surface area contributed by atoms with Gasteiger partial charge < -0.3 is 9.84 Å². The molecule has 0 unspecified atom stereocenters. The summed E-state index contributed by atoms with van der Waals surface area (Å²) >= 11 is 0. The van der Waals surface area contributed by atoms with Gasteiger partial charge in [-0.1, -0.05) is 0 Å². The van der Waals surface area contributed by atoms with Gasteiger partial charge in [0.1, 0.15) is 0 Å². The Labute approximate surface area is 122 Å². The van der Waals surface area contributed by atoms with Crippen LogP contribution in [0.4, 0.5) is 0 Å².